The SMILES string of the molecule is c1ccc(-c2ccc(-c3nc(-c4ccc5sc6ccccc6c5c4)nc(-c4cccc5oc6c(ccc7c8ccccc8n(-c8ccccc8)c76)c45)n3)cc2)cc1. The normalized spacial score (nSPS) is 11.9. The lowest BCUT2D eigenvalue weighted by molar-refractivity contribution is 0.671. The van der Waals surface area contributed by atoms with Gasteiger partial charge in [-0.3, -0.25) is 0 Å². The monoisotopic (exact) mass is 746 g/mol. The number of rotatable bonds is 5. The molecule has 0 atom stereocenters. The van der Waals surface area contributed by atoms with Crippen LogP contribution in [0.15, 0.2) is 186 Å². The predicted molar refractivity (Wildman–Crippen MR) is 236 cm³/mol. The van der Waals surface area contributed by atoms with Gasteiger partial charge < -0.3 is 8.98 Å². The van der Waals surface area contributed by atoms with Crippen LogP contribution < -0.4 is 0 Å². The van der Waals surface area contributed by atoms with Gasteiger partial charge in [0.05, 0.1) is 11.0 Å². The zero-order valence-electron chi connectivity index (χ0n) is 30.4. The summed E-state index contributed by atoms with van der Waals surface area (Å²) in [5.41, 5.74) is 9.90. The minimum absolute atomic E-state index is 0.592. The first-order valence-corrected chi connectivity index (χ1v) is 19.8. The summed E-state index contributed by atoms with van der Waals surface area (Å²) in [7, 11) is 0. The number of nitrogens with zero attached hydrogens (tertiary/aromatic N) is 4. The maximum atomic E-state index is 6.89. The van der Waals surface area contributed by atoms with E-state index in [1.54, 1.807) is 11.3 Å². The maximum absolute atomic E-state index is 6.89. The first-order chi connectivity index (χ1) is 28.2. The third-order valence-corrected chi connectivity index (χ3v) is 12.2. The number of thiophene rings is 1. The highest BCUT2D eigenvalue weighted by molar-refractivity contribution is 7.25. The lowest BCUT2D eigenvalue weighted by Gasteiger charge is -2.10. The molecule has 0 fully saturated rings. The van der Waals surface area contributed by atoms with Crippen molar-refractivity contribution >= 4 is 75.3 Å². The molecule has 0 radical (unpaired) electrons. The average molecular weight is 747 g/mol. The van der Waals surface area contributed by atoms with Gasteiger partial charge in [-0.1, -0.05) is 127 Å². The molecule has 8 aromatic carbocycles. The van der Waals surface area contributed by atoms with Crippen molar-refractivity contribution in [2.45, 2.75) is 0 Å². The molecular weight excluding hydrogens is 717 g/mol. The Bertz CT molecular complexity index is 3510. The highest BCUT2D eigenvalue weighted by Gasteiger charge is 2.22. The number of fused-ring (bicyclic) bond motifs is 10. The summed E-state index contributed by atoms with van der Waals surface area (Å²) in [6.07, 6.45) is 0. The molecule has 0 saturated carbocycles. The number of furan rings is 1. The molecule has 0 amide bonds. The van der Waals surface area contributed by atoms with E-state index in [0.29, 0.717) is 17.5 Å². The molecular formula is C51H30N4OS. The molecule has 0 bridgehead atoms. The number of hydrogen-bond acceptors (Lipinski definition) is 5. The van der Waals surface area contributed by atoms with Gasteiger partial charge in [-0.2, -0.15) is 0 Å². The van der Waals surface area contributed by atoms with E-state index in [2.05, 4.69) is 168 Å². The Morgan fingerprint density at radius 3 is 1.89 bits per heavy atom. The fourth-order valence-electron chi connectivity index (χ4n) is 8.43. The third kappa shape index (κ3) is 5.04. The lowest BCUT2D eigenvalue weighted by atomic mass is 10.0. The molecule has 6 heteroatoms. The quantitative estimate of drug-likeness (QED) is 0.176. The van der Waals surface area contributed by atoms with Crippen LogP contribution in [0.1, 0.15) is 0 Å². The topological polar surface area (TPSA) is 56.7 Å². The maximum Gasteiger partial charge on any atom is 0.164 e. The summed E-state index contributed by atoms with van der Waals surface area (Å²) in [5, 5.41) is 6.74. The first kappa shape index (κ1) is 31.9. The fourth-order valence-corrected chi connectivity index (χ4v) is 9.51. The van der Waals surface area contributed by atoms with Crippen molar-refractivity contribution in [3.63, 3.8) is 0 Å². The summed E-state index contributed by atoms with van der Waals surface area (Å²) < 4.78 is 11.7. The molecule has 4 aromatic heterocycles. The van der Waals surface area contributed by atoms with Crippen LogP contribution in [0.4, 0.5) is 0 Å². The van der Waals surface area contributed by atoms with Gasteiger partial charge >= 0.3 is 0 Å². The van der Waals surface area contributed by atoms with Gasteiger partial charge in [0, 0.05) is 64.1 Å². The van der Waals surface area contributed by atoms with Crippen molar-refractivity contribution in [1.82, 2.24) is 19.5 Å². The number of benzene rings is 8. The van der Waals surface area contributed by atoms with Crippen molar-refractivity contribution in [1.29, 1.82) is 0 Å². The molecule has 0 saturated heterocycles. The average Bonchev–Trinajstić information content (AvgIpc) is 3.96. The highest BCUT2D eigenvalue weighted by Crippen LogP contribution is 2.43. The lowest BCUT2D eigenvalue weighted by Crippen LogP contribution is -2.00. The Balaban J connectivity index is 1.10. The van der Waals surface area contributed by atoms with E-state index in [9.17, 15) is 0 Å². The number of hydrogen-bond donors (Lipinski definition) is 0. The van der Waals surface area contributed by atoms with E-state index in [0.717, 1.165) is 71.9 Å². The van der Waals surface area contributed by atoms with Crippen molar-refractivity contribution in [2.75, 3.05) is 0 Å². The van der Waals surface area contributed by atoms with Crippen LogP contribution >= 0.6 is 11.3 Å². The zero-order valence-corrected chi connectivity index (χ0v) is 31.2. The Kier molecular flexibility index (Phi) is 7.03. The molecule has 266 valence electrons. The minimum Gasteiger partial charge on any atom is -0.454 e. The van der Waals surface area contributed by atoms with Crippen molar-refractivity contribution < 1.29 is 4.42 Å². The molecule has 57 heavy (non-hydrogen) atoms. The number of aromatic nitrogens is 4. The van der Waals surface area contributed by atoms with Gasteiger partial charge in [-0.05, 0) is 65.7 Å². The molecule has 0 aliphatic rings. The fraction of sp³-hybridized carbons (Fsp3) is 0. The molecule has 4 heterocycles. The summed E-state index contributed by atoms with van der Waals surface area (Å²) in [5.74, 6) is 1.83. The van der Waals surface area contributed by atoms with Crippen LogP contribution in [0.25, 0.3) is 115 Å². The van der Waals surface area contributed by atoms with Crippen LogP contribution in [0.5, 0.6) is 0 Å². The van der Waals surface area contributed by atoms with E-state index in [4.69, 9.17) is 19.4 Å². The zero-order chi connectivity index (χ0) is 37.5. The summed E-state index contributed by atoms with van der Waals surface area (Å²) in [4.78, 5) is 15.7. The Labute approximate surface area is 330 Å². The molecule has 0 aliphatic carbocycles. The smallest absolute Gasteiger partial charge is 0.164 e. The largest absolute Gasteiger partial charge is 0.454 e. The van der Waals surface area contributed by atoms with Gasteiger partial charge in [-0.15, -0.1) is 11.3 Å². The van der Waals surface area contributed by atoms with Crippen LogP contribution in [0.2, 0.25) is 0 Å². The molecule has 0 N–H and O–H groups in total. The highest BCUT2D eigenvalue weighted by atomic mass is 32.1. The van der Waals surface area contributed by atoms with Crippen LogP contribution in [-0.4, -0.2) is 19.5 Å². The molecule has 5 nitrogen and oxygen atoms in total. The molecule has 12 aromatic rings. The van der Waals surface area contributed by atoms with E-state index in [-0.39, 0.29) is 0 Å². The van der Waals surface area contributed by atoms with Gasteiger partial charge in [0.2, 0.25) is 0 Å². The molecule has 0 spiro atoms. The second-order valence-electron chi connectivity index (χ2n) is 14.4. The van der Waals surface area contributed by atoms with E-state index in [1.807, 2.05) is 18.2 Å². The van der Waals surface area contributed by atoms with Gasteiger partial charge in [-0.25, -0.2) is 15.0 Å². The van der Waals surface area contributed by atoms with Gasteiger partial charge in [0.15, 0.2) is 23.1 Å². The van der Waals surface area contributed by atoms with Crippen LogP contribution in [0.3, 0.4) is 0 Å². The van der Waals surface area contributed by atoms with Crippen molar-refractivity contribution in [3.8, 4) is 51.0 Å². The second kappa shape index (κ2) is 12.6. The first-order valence-electron chi connectivity index (χ1n) is 19.0. The Morgan fingerprint density at radius 1 is 0.421 bits per heavy atom. The molecule has 12 rings (SSSR count). The van der Waals surface area contributed by atoms with Gasteiger partial charge in [0.1, 0.15) is 5.58 Å². The number of para-hydroxylation sites is 2. The summed E-state index contributed by atoms with van der Waals surface area (Å²) >= 11 is 1.80. The van der Waals surface area contributed by atoms with Crippen molar-refractivity contribution in [2.24, 2.45) is 0 Å². The Hall–Kier alpha value is -7.41. The van der Waals surface area contributed by atoms with Crippen LogP contribution in [0, 0.1) is 0 Å². The van der Waals surface area contributed by atoms with Crippen LogP contribution in [-0.2, 0) is 0 Å². The van der Waals surface area contributed by atoms with E-state index >= 15 is 0 Å². The predicted octanol–water partition coefficient (Wildman–Crippen LogP) is 13.9. The van der Waals surface area contributed by atoms with E-state index < -0.39 is 0 Å². The molecule has 0 aliphatic heterocycles. The summed E-state index contributed by atoms with van der Waals surface area (Å²) in [6.45, 7) is 0. The molecule has 0 unspecified atom stereocenters. The van der Waals surface area contributed by atoms with Crippen molar-refractivity contribution in [3.05, 3.63) is 182 Å². The minimum atomic E-state index is 0.592. The standard InChI is InChI=1S/C51H30N4OS/c1-3-12-31(13-4-1)32-22-24-33(25-23-32)49-52-50(34-26-29-45-41(30-34)37-17-8-10-21-44(37)57-45)54-51(53-49)40-18-11-20-43-46(40)39-28-27-38-36-16-7-9-19-42(36)55(47(38)48(39)56-43)35-14-5-2-6-15-35/h1-30H. The Morgan fingerprint density at radius 2 is 1.05 bits per heavy atom. The third-order valence-electron chi connectivity index (χ3n) is 11.1. The second-order valence-corrected chi connectivity index (χ2v) is 15.4. The summed E-state index contributed by atoms with van der Waals surface area (Å²) in [6, 6.07) is 63.7. The van der Waals surface area contributed by atoms with E-state index in [1.165, 1.54) is 25.6 Å². The van der Waals surface area contributed by atoms with Gasteiger partial charge in [0.25, 0.3) is 0 Å².